The number of carbonyl (C=O) groups is 1. The average Bonchev–Trinajstić information content (AvgIpc) is 2.74. The zero-order valence-corrected chi connectivity index (χ0v) is 18.5. The summed E-state index contributed by atoms with van der Waals surface area (Å²) >= 11 is 0. The largest absolute Gasteiger partial charge is 0.372 e. The van der Waals surface area contributed by atoms with E-state index in [4.69, 9.17) is 0 Å². The number of carbonyl (C=O) groups excluding carboxylic acids is 1. The van der Waals surface area contributed by atoms with Crippen LogP contribution in [0.25, 0.3) is 0 Å². The number of nitrogens with one attached hydrogen (secondary N) is 2. The van der Waals surface area contributed by atoms with Gasteiger partial charge >= 0.3 is 0 Å². The molecule has 1 aromatic carbocycles. The van der Waals surface area contributed by atoms with E-state index in [-0.39, 0.29) is 23.1 Å². The van der Waals surface area contributed by atoms with Crippen LogP contribution in [0.5, 0.6) is 0 Å². The van der Waals surface area contributed by atoms with Crippen molar-refractivity contribution >= 4 is 27.3 Å². The molecule has 1 atom stereocenters. The fraction of sp³-hybridized carbons (Fsp3) is 0.682. The third-order valence-corrected chi connectivity index (χ3v) is 8.44. The maximum Gasteiger partial charge on any atom is 0.227 e. The summed E-state index contributed by atoms with van der Waals surface area (Å²) in [5.74, 6) is -0.0138. The van der Waals surface area contributed by atoms with Gasteiger partial charge in [0.1, 0.15) is 0 Å². The monoisotopic (exact) mass is 421 g/mol. The maximum absolute atomic E-state index is 12.6. The summed E-state index contributed by atoms with van der Waals surface area (Å²) in [7, 11) is -3.26. The third-order valence-electron chi connectivity index (χ3n) is 6.39. The van der Waals surface area contributed by atoms with Crippen molar-refractivity contribution in [2.45, 2.75) is 76.5 Å². The number of anilines is 2. The van der Waals surface area contributed by atoms with E-state index in [1.165, 1.54) is 24.9 Å². The highest BCUT2D eigenvalue weighted by molar-refractivity contribution is 7.90. The molecule has 0 aromatic heterocycles. The van der Waals surface area contributed by atoms with E-state index < -0.39 is 10.0 Å². The van der Waals surface area contributed by atoms with Gasteiger partial charge in [-0.3, -0.25) is 4.79 Å². The van der Waals surface area contributed by atoms with Crippen LogP contribution in [-0.2, 0) is 14.8 Å². The Morgan fingerprint density at radius 2 is 1.69 bits per heavy atom. The topological polar surface area (TPSA) is 78.5 Å². The normalized spacial score (nSPS) is 24.1. The van der Waals surface area contributed by atoms with Gasteiger partial charge in [-0.15, -0.1) is 0 Å². The van der Waals surface area contributed by atoms with Crippen molar-refractivity contribution in [2.75, 3.05) is 23.3 Å². The van der Waals surface area contributed by atoms with Crippen molar-refractivity contribution in [3.8, 4) is 0 Å². The Bertz CT molecular complexity index is 765. The molecule has 1 aliphatic carbocycles. The molecule has 6 nitrogen and oxygen atoms in total. The van der Waals surface area contributed by atoms with Crippen LogP contribution in [-0.4, -0.2) is 38.7 Å². The van der Waals surface area contributed by atoms with Gasteiger partial charge in [-0.1, -0.05) is 6.92 Å². The molecule has 162 valence electrons. The molecule has 0 bridgehead atoms. The summed E-state index contributed by atoms with van der Waals surface area (Å²) in [5.41, 5.74) is 2.05. The van der Waals surface area contributed by atoms with Gasteiger partial charge in [0.2, 0.25) is 15.9 Å². The fourth-order valence-electron chi connectivity index (χ4n) is 4.19. The molecule has 0 spiro atoms. The van der Waals surface area contributed by atoms with Gasteiger partial charge in [-0.05, 0) is 82.6 Å². The SMILES string of the molecule is CCC(C)S(=O)(=O)NC1CCC(C(=O)Nc2ccc(N3CCCCC3)cc2)CC1. The second-order valence-electron chi connectivity index (χ2n) is 8.51. The van der Waals surface area contributed by atoms with Gasteiger partial charge < -0.3 is 10.2 Å². The Morgan fingerprint density at radius 3 is 2.28 bits per heavy atom. The van der Waals surface area contributed by atoms with E-state index in [1.54, 1.807) is 6.92 Å². The van der Waals surface area contributed by atoms with E-state index in [0.29, 0.717) is 32.1 Å². The number of nitrogens with zero attached hydrogens (tertiary/aromatic N) is 1. The summed E-state index contributed by atoms with van der Waals surface area (Å²) in [6, 6.07) is 8.08. The minimum Gasteiger partial charge on any atom is -0.372 e. The van der Waals surface area contributed by atoms with Crippen LogP contribution in [0.3, 0.4) is 0 Å². The number of piperidine rings is 1. The van der Waals surface area contributed by atoms with Crippen LogP contribution in [0.2, 0.25) is 0 Å². The first-order chi connectivity index (χ1) is 13.9. The molecule has 29 heavy (non-hydrogen) atoms. The fourth-order valence-corrected chi connectivity index (χ4v) is 5.56. The zero-order chi connectivity index (χ0) is 20.9. The van der Waals surface area contributed by atoms with Crippen LogP contribution in [0, 0.1) is 5.92 Å². The van der Waals surface area contributed by atoms with E-state index in [2.05, 4.69) is 27.1 Å². The summed E-state index contributed by atoms with van der Waals surface area (Å²) in [6.07, 6.45) is 7.25. The highest BCUT2D eigenvalue weighted by atomic mass is 32.2. The lowest BCUT2D eigenvalue weighted by Gasteiger charge is -2.29. The summed E-state index contributed by atoms with van der Waals surface area (Å²) in [4.78, 5) is 15.0. The first kappa shape index (κ1) is 22.1. The van der Waals surface area contributed by atoms with Crippen LogP contribution in [0.1, 0.15) is 65.2 Å². The molecule has 1 unspecified atom stereocenters. The van der Waals surface area contributed by atoms with Crippen molar-refractivity contribution in [3.63, 3.8) is 0 Å². The molecule has 1 heterocycles. The lowest BCUT2D eigenvalue weighted by molar-refractivity contribution is -0.120. The van der Waals surface area contributed by atoms with Gasteiger partial charge in [0.25, 0.3) is 0 Å². The molecule has 3 rings (SSSR count). The molecular formula is C22H35N3O3S. The number of sulfonamides is 1. The Morgan fingerprint density at radius 1 is 1.07 bits per heavy atom. The van der Waals surface area contributed by atoms with Gasteiger partial charge in [0.15, 0.2) is 0 Å². The predicted octanol–water partition coefficient (Wildman–Crippen LogP) is 3.89. The van der Waals surface area contributed by atoms with Gasteiger partial charge in [-0.2, -0.15) is 0 Å². The van der Waals surface area contributed by atoms with Crippen molar-refractivity contribution in [2.24, 2.45) is 5.92 Å². The molecule has 1 aromatic rings. The van der Waals surface area contributed by atoms with Gasteiger partial charge in [0.05, 0.1) is 5.25 Å². The average molecular weight is 422 g/mol. The lowest BCUT2D eigenvalue weighted by Crippen LogP contribution is -2.42. The second-order valence-corrected chi connectivity index (χ2v) is 10.6. The molecular weight excluding hydrogens is 386 g/mol. The van der Waals surface area contributed by atoms with Crippen LogP contribution >= 0.6 is 0 Å². The number of hydrogen-bond acceptors (Lipinski definition) is 4. The van der Waals surface area contributed by atoms with Gasteiger partial charge in [-0.25, -0.2) is 13.1 Å². The molecule has 0 radical (unpaired) electrons. The number of rotatable bonds is 7. The number of benzene rings is 1. The van der Waals surface area contributed by atoms with E-state index in [9.17, 15) is 13.2 Å². The minimum absolute atomic E-state index is 0.0407. The van der Waals surface area contributed by atoms with Crippen LogP contribution < -0.4 is 14.9 Å². The summed E-state index contributed by atoms with van der Waals surface area (Å²) < 4.78 is 27.3. The Hall–Kier alpha value is -1.60. The van der Waals surface area contributed by atoms with Crippen molar-refractivity contribution in [1.82, 2.24) is 4.72 Å². The van der Waals surface area contributed by atoms with Crippen LogP contribution in [0.4, 0.5) is 11.4 Å². The molecule has 2 N–H and O–H groups in total. The first-order valence-corrected chi connectivity index (χ1v) is 12.6. The molecule has 2 aliphatic rings. The van der Waals surface area contributed by atoms with Crippen LogP contribution in [0.15, 0.2) is 24.3 Å². The highest BCUT2D eigenvalue weighted by Crippen LogP contribution is 2.27. The molecule has 1 amide bonds. The minimum atomic E-state index is -3.26. The van der Waals surface area contributed by atoms with E-state index in [0.717, 1.165) is 18.8 Å². The molecule has 2 fully saturated rings. The molecule has 1 aliphatic heterocycles. The smallest absolute Gasteiger partial charge is 0.227 e. The quantitative estimate of drug-likeness (QED) is 0.700. The standard InChI is InChI=1S/C22H35N3O3S/c1-3-17(2)29(27,28)24-20-9-7-18(8-10-20)22(26)23-19-11-13-21(14-12-19)25-15-5-4-6-16-25/h11-14,17-18,20,24H,3-10,15-16H2,1-2H3,(H,23,26). The zero-order valence-electron chi connectivity index (χ0n) is 17.7. The van der Waals surface area contributed by atoms with Gasteiger partial charge in [0, 0.05) is 36.4 Å². The van der Waals surface area contributed by atoms with E-state index in [1.807, 2.05) is 19.1 Å². The first-order valence-electron chi connectivity index (χ1n) is 11.1. The third kappa shape index (κ3) is 5.95. The Balaban J connectivity index is 1.47. The van der Waals surface area contributed by atoms with E-state index >= 15 is 0 Å². The van der Waals surface area contributed by atoms with Crippen molar-refractivity contribution in [3.05, 3.63) is 24.3 Å². The highest BCUT2D eigenvalue weighted by Gasteiger charge is 2.30. The number of hydrogen-bond donors (Lipinski definition) is 2. The van der Waals surface area contributed by atoms with Crippen molar-refractivity contribution < 1.29 is 13.2 Å². The lowest BCUT2D eigenvalue weighted by atomic mass is 9.86. The second kappa shape index (κ2) is 9.94. The predicted molar refractivity (Wildman–Crippen MR) is 119 cm³/mol. The Kier molecular flexibility index (Phi) is 7.57. The molecule has 7 heteroatoms. The summed E-state index contributed by atoms with van der Waals surface area (Å²) in [6.45, 7) is 5.83. The Labute approximate surface area is 175 Å². The number of amides is 1. The molecule has 1 saturated carbocycles. The summed E-state index contributed by atoms with van der Waals surface area (Å²) in [5, 5.41) is 2.66. The maximum atomic E-state index is 12.6. The van der Waals surface area contributed by atoms with Crippen molar-refractivity contribution in [1.29, 1.82) is 0 Å². The molecule has 1 saturated heterocycles.